The van der Waals surface area contributed by atoms with Gasteiger partial charge in [0, 0.05) is 21.7 Å². The van der Waals surface area contributed by atoms with Crippen molar-refractivity contribution in [3.05, 3.63) is 59.6 Å². The summed E-state index contributed by atoms with van der Waals surface area (Å²) in [5.74, 6) is 0.636. The summed E-state index contributed by atoms with van der Waals surface area (Å²) in [4.78, 5) is 25.0. The van der Waals surface area contributed by atoms with E-state index in [9.17, 15) is 9.59 Å². The number of carbonyl (C=O) groups excluding carboxylic acids is 2. The first-order valence-corrected chi connectivity index (χ1v) is 9.31. The highest BCUT2D eigenvalue weighted by Gasteiger charge is 2.16. The highest BCUT2D eigenvalue weighted by molar-refractivity contribution is 8.00. The Balaban J connectivity index is 1.59. The monoisotopic (exact) mass is 405 g/mol. The van der Waals surface area contributed by atoms with Crippen LogP contribution in [0, 0.1) is 0 Å². The number of esters is 1. The maximum absolute atomic E-state index is 12.2. The molecule has 140 valence electrons. The number of anilines is 1. The Bertz CT molecular complexity index is 886. The van der Waals surface area contributed by atoms with Crippen LogP contribution in [-0.4, -0.2) is 31.0 Å². The fourth-order valence-electron chi connectivity index (χ4n) is 2.30. The fourth-order valence-corrected chi connectivity index (χ4v) is 3.19. The van der Waals surface area contributed by atoms with Crippen molar-refractivity contribution in [1.82, 2.24) is 0 Å². The molecule has 2 aromatic carbocycles. The molecular formula is C19H16ClNO5S. The fraction of sp³-hybridized carbons (Fsp3) is 0.158. The van der Waals surface area contributed by atoms with Crippen LogP contribution in [0.15, 0.2) is 59.0 Å². The van der Waals surface area contributed by atoms with Gasteiger partial charge in [0.2, 0.25) is 12.7 Å². The number of amides is 1. The quantitative estimate of drug-likeness (QED) is 0.553. The zero-order valence-corrected chi connectivity index (χ0v) is 15.8. The third-order valence-electron chi connectivity index (χ3n) is 3.48. The van der Waals surface area contributed by atoms with Crippen LogP contribution in [0.5, 0.6) is 11.5 Å². The number of benzene rings is 2. The molecule has 0 unspecified atom stereocenters. The number of nitrogens with one attached hydrogen (secondary N) is 1. The predicted octanol–water partition coefficient (Wildman–Crippen LogP) is 4.06. The van der Waals surface area contributed by atoms with Gasteiger partial charge in [-0.15, -0.1) is 11.8 Å². The molecule has 0 fully saturated rings. The molecule has 1 heterocycles. The van der Waals surface area contributed by atoms with E-state index in [1.807, 2.05) is 0 Å². The minimum atomic E-state index is -0.518. The topological polar surface area (TPSA) is 73.9 Å². The lowest BCUT2D eigenvalue weighted by Crippen LogP contribution is -2.14. The number of hydrogen-bond acceptors (Lipinski definition) is 6. The minimum absolute atomic E-state index is 0.0655. The van der Waals surface area contributed by atoms with Crippen LogP contribution in [0.2, 0.25) is 0 Å². The maximum Gasteiger partial charge on any atom is 0.339 e. The van der Waals surface area contributed by atoms with E-state index in [4.69, 9.17) is 25.8 Å². The highest BCUT2D eigenvalue weighted by atomic mass is 35.5. The average molecular weight is 406 g/mol. The number of carbonyl (C=O) groups is 2. The lowest BCUT2D eigenvalue weighted by atomic mass is 10.2. The Labute approximate surface area is 165 Å². The summed E-state index contributed by atoms with van der Waals surface area (Å²) in [7, 11) is 0. The minimum Gasteiger partial charge on any atom is -0.456 e. The van der Waals surface area contributed by atoms with Gasteiger partial charge in [0.25, 0.3) is 0 Å². The number of ether oxygens (including phenoxy) is 3. The van der Waals surface area contributed by atoms with E-state index >= 15 is 0 Å². The molecular weight excluding hydrogens is 390 g/mol. The lowest BCUT2D eigenvalue weighted by Gasteiger charge is -2.09. The van der Waals surface area contributed by atoms with Gasteiger partial charge >= 0.3 is 5.97 Å². The second kappa shape index (κ2) is 8.83. The first-order chi connectivity index (χ1) is 13.0. The summed E-state index contributed by atoms with van der Waals surface area (Å²) >= 11 is 6.86. The zero-order valence-electron chi connectivity index (χ0n) is 14.2. The Kier molecular flexibility index (Phi) is 6.26. The molecule has 0 aromatic heterocycles. The number of halogens is 1. The summed E-state index contributed by atoms with van der Waals surface area (Å²) in [5.41, 5.74) is 0.981. The molecule has 27 heavy (non-hydrogen) atoms. The summed E-state index contributed by atoms with van der Waals surface area (Å²) < 4.78 is 15.6. The van der Waals surface area contributed by atoms with Gasteiger partial charge in [-0.1, -0.05) is 30.3 Å². The summed E-state index contributed by atoms with van der Waals surface area (Å²) in [6.45, 7) is 3.59. The Morgan fingerprint density at radius 1 is 1.19 bits per heavy atom. The third-order valence-corrected chi connectivity index (χ3v) is 4.66. The van der Waals surface area contributed by atoms with Gasteiger partial charge in [-0.05, 0) is 24.3 Å². The third kappa shape index (κ3) is 5.18. The van der Waals surface area contributed by atoms with Crippen molar-refractivity contribution in [2.24, 2.45) is 0 Å². The number of thioether (sulfide) groups is 1. The molecule has 1 amide bonds. The lowest BCUT2D eigenvalue weighted by molar-refractivity contribution is -0.113. The Morgan fingerprint density at radius 2 is 1.96 bits per heavy atom. The molecule has 6 nitrogen and oxygen atoms in total. The van der Waals surface area contributed by atoms with Gasteiger partial charge < -0.3 is 19.5 Å². The van der Waals surface area contributed by atoms with Gasteiger partial charge in [-0.3, -0.25) is 4.79 Å². The van der Waals surface area contributed by atoms with E-state index < -0.39 is 5.97 Å². The van der Waals surface area contributed by atoms with Gasteiger partial charge in [-0.25, -0.2) is 4.79 Å². The van der Waals surface area contributed by atoms with Crippen molar-refractivity contribution in [2.45, 2.75) is 4.90 Å². The van der Waals surface area contributed by atoms with E-state index in [0.29, 0.717) is 27.6 Å². The van der Waals surface area contributed by atoms with Gasteiger partial charge in [-0.2, -0.15) is 0 Å². The molecule has 0 radical (unpaired) electrons. The molecule has 0 bridgehead atoms. The molecule has 1 aliphatic heterocycles. The van der Waals surface area contributed by atoms with Crippen LogP contribution in [0.1, 0.15) is 10.4 Å². The van der Waals surface area contributed by atoms with Gasteiger partial charge in [0.05, 0.1) is 11.3 Å². The molecule has 8 heteroatoms. The van der Waals surface area contributed by atoms with E-state index in [2.05, 4.69) is 11.9 Å². The van der Waals surface area contributed by atoms with Crippen molar-refractivity contribution in [1.29, 1.82) is 0 Å². The first kappa shape index (κ1) is 19.1. The summed E-state index contributed by atoms with van der Waals surface area (Å²) in [5, 5.41) is 3.02. The van der Waals surface area contributed by atoms with E-state index in [-0.39, 0.29) is 30.1 Å². The normalized spacial score (nSPS) is 11.7. The van der Waals surface area contributed by atoms with Gasteiger partial charge in [0.15, 0.2) is 11.5 Å². The Hall–Kier alpha value is -2.64. The molecule has 0 aliphatic carbocycles. The second-order valence-electron chi connectivity index (χ2n) is 5.49. The predicted molar refractivity (Wildman–Crippen MR) is 104 cm³/mol. The van der Waals surface area contributed by atoms with Crippen LogP contribution in [-0.2, 0) is 9.53 Å². The second-order valence-corrected chi connectivity index (χ2v) is 7.05. The van der Waals surface area contributed by atoms with Crippen LogP contribution in [0.4, 0.5) is 5.69 Å². The molecule has 1 N–H and O–H groups in total. The van der Waals surface area contributed by atoms with Crippen molar-refractivity contribution in [2.75, 3.05) is 24.5 Å². The standard InChI is InChI=1S/C19H16ClNO5S/c1-12(20)9-24-19(23)14-4-2-3-5-17(14)27-10-18(22)21-13-6-7-15-16(8-13)26-11-25-15/h2-8H,1,9-11H2,(H,21,22). The molecule has 0 spiro atoms. The molecule has 0 saturated carbocycles. The van der Waals surface area contributed by atoms with Crippen LogP contribution < -0.4 is 14.8 Å². The Morgan fingerprint density at radius 3 is 2.78 bits per heavy atom. The maximum atomic E-state index is 12.2. The molecule has 0 atom stereocenters. The molecule has 2 aromatic rings. The number of fused-ring (bicyclic) bond motifs is 1. The van der Waals surface area contributed by atoms with Gasteiger partial charge in [0.1, 0.15) is 6.61 Å². The number of rotatable bonds is 7. The SMILES string of the molecule is C=C(Cl)COC(=O)c1ccccc1SCC(=O)Nc1ccc2c(c1)OCO2. The van der Waals surface area contributed by atoms with E-state index in [1.54, 1.807) is 42.5 Å². The zero-order chi connectivity index (χ0) is 19.2. The van der Waals surface area contributed by atoms with E-state index in [0.717, 1.165) is 0 Å². The van der Waals surface area contributed by atoms with Crippen LogP contribution >= 0.6 is 23.4 Å². The van der Waals surface area contributed by atoms with Crippen LogP contribution in [0.3, 0.4) is 0 Å². The van der Waals surface area contributed by atoms with Crippen molar-refractivity contribution in [3.8, 4) is 11.5 Å². The summed E-state index contributed by atoms with van der Waals surface area (Å²) in [6.07, 6.45) is 0. The van der Waals surface area contributed by atoms with Crippen molar-refractivity contribution < 1.29 is 23.8 Å². The molecule has 3 rings (SSSR count). The average Bonchev–Trinajstić information content (AvgIpc) is 3.12. The van der Waals surface area contributed by atoms with Crippen molar-refractivity contribution >= 4 is 40.9 Å². The summed E-state index contributed by atoms with van der Waals surface area (Å²) in [6, 6.07) is 12.1. The first-order valence-electron chi connectivity index (χ1n) is 7.94. The molecule has 0 saturated heterocycles. The van der Waals surface area contributed by atoms with E-state index in [1.165, 1.54) is 11.8 Å². The number of hydrogen-bond donors (Lipinski definition) is 1. The smallest absolute Gasteiger partial charge is 0.339 e. The molecule has 1 aliphatic rings. The largest absolute Gasteiger partial charge is 0.456 e. The van der Waals surface area contributed by atoms with Crippen molar-refractivity contribution in [3.63, 3.8) is 0 Å². The highest BCUT2D eigenvalue weighted by Crippen LogP contribution is 2.34. The van der Waals surface area contributed by atoms with Crippen LogP contribution in [0.25, 0.3) is 0 Å².